The summed E-state index contributed by atoms with van der Waals surface area (Å²) in [4.78, 5) is 0.0483. The van der Waals surface area contributed by atoms with Crippen molar-refractivity contribution in [3.8, 4) is 0 Å². The maximum absolute atomic E-state index is 13.2. The van der Waals surface area contributed by atoms with E-state index < -0.39 is 15.9 Å². The Morgan fingerprint density at radius 1 is 1.26 bits per heavy atom. The molecule has 0 amide bonds. The van der Waals surface area contributed by atoms with Gasteiger partial charge in [-0.1, -0.05) is 0 Å². The smallest absolute Gasteiger partial charge is 0.248 e. The van der Waals surface area contributed by atoms with Gasteiger partial charge in [-0.15, -0.1) is 0 Å². The first-order valence-corrected chi connectivity index (χ1v) is 10.1. The van der Waals surface area contributed by atoms with Gasteiger partial charge in [0.05, 0.1) is 11.5 Å². The van der Waals surface area contributed by atoms with Gasteiger partial charge in [-0.05, 0) is 43.0 Å². The summed E-state index contributed by atoms with van der Waals surface area (Å²) in [6, 6.07) is 5.86. The van der Waals surface area contributed by atoms with E-state index in [-0.39, 0.29) is 36.8 Å². The number of nitrogens with two attached hydrogens (primary N) is 1. The Bertz CT molecular complexity index is 731. The molecular formula is C16H25F2N5O3S. The lowest BCUT2D eigenvalue weighted by Gasteiger charge is -2.27. The van der Waals surface area contributed by atoms with Gasteiger partial charge < -0.3 is 16.0 Å². The van der Waals surface area contributed by atoms with Crippen molar-refractivity contribution in [2.75, 3.05) is 19.7 Å². The van der Waals surface area contributed by atoms with Gasteiger partial charge in [-0.25, -0.2) is 27.8 Å². The van der Waals surface area contributed by atoms with Crippen molar-refractivity contribution in [2.45, 2.75) is 36.5 Å². The predicted octanol–water partition coefficient (Wildman–Crippen LogP) is 0.497. The number of amidine groups is 1. The second-order valence-electron chi connectivity index (χ2n) is 6.41. The molecule has 1 saturated carbocycles. The molecule has 0 radical (unpaired) electrons. The SMILES string of the molecule is NN/C(=N\NCC1CCC(F)(F)CC1)c1ccc(S(=O)(=O)NCCO)cc1. The zero-order valence-electron chi connectivity index (χ0n) is 14.8. The number of hydrogen-bond donors (Lipinski definition) is 5. The summed E-state index contributed by atoms with van der Waals surface area (Å²) >= 11 is 0. The van der Waals surface area contributed by atoms with E-state index in [1.807, 2.05) is 0 Å². The molecular weight excluding hydrogens is 380 g/mol. The number of nitrogens with one attached hydrogen (secondary N) is 3. The maximum Gasteiger partial charge on any atom is 0.248 e. The van der Waals surface area contributed by atoms with Crippen LogP contribution in [0.5, 0.6) is 0 Å². The molecule has 0 atom stereocenters. The van der Waals surface area contributed by atoms with Gasteiger partial charge in [0.25, 0.3) is 0 Å². The van der Waals surface area contributed by atoms with Gasteiger partial charge in [0, 0.05) is 31.5 Å². The van der Waals surface area contributed by atoms with Gasteiger partial charge in [0.15, 0.2) is 5.84 Å². The molecule has 1 aliphatic carbocycles. The van der Waals surface area contributed by atoms with Gasteiger partial charge in [-0.3, -0.25) is 0 Å². The van der Waals surface area contributed by atoms with E-state index in [9.17, 15) is 17.2 Å². The average Bonchev–Trinajstić information content (AvgIpc) is 2.65. The fourth-order valence-corrected chi connectivity index (χ4v) is 3.81. The number of aliphatic hydroxyl groups excluding tert-OH is 1. The first-order chi connectivity index (χ1) is 12.8. The molecule has 0 aromatic heterocycles. The summed E-state index contributed by atoms with van der Waals surface area (Å²) in [7, 11) is -3.69. The summed E-state index contributed by atoms with van der Waals surface area (Å²) in [5.74, 6) is 3.33. The number of nitrogens with zero attached hydrogens (tertiary/aromatic N) is 1. The van der Waals surface area contributed by atoms with Crippen molar-refractivity contribution in [1.82, 2.24) is 15.6 Å². The topological polar surface area (TPSA) is 129 Å². The van der Waals surface area contributed by atoms with Crippen LogP contribution in [0, 0.1) is 5.92 Å². The van der Waals surface area contributed by atoms with Crippen molar-refractivity contribution >= 4 is 15.9 Å². The van der Waals surface area contributed by atoms with Crippen molar-refractivity contribution in [2.24, 2.45) is 16.9 Å². The lowest BCUT2D eigenvalue weighted by molar-refractivity contribution is -0.0454. The van der Waals surface area contributed by atoms with Crippen LogP contribution in [0.25, 0.3) is 0 Å². The fraction of sp³-hybridized carbons (Fsp3) is 0.562. The van der Waals surface area contributed by atoms with Crippen LogP contribution in [0.4, 0.5) is 8.78 Å². The molecule has 0 bridgehead atoms. The molecule has 1 fully saturated rings. The third kappa shape index (κ3) is 6.38. The number of aliphatic hydroxyl groups is 1. The van der Waals surface area contributed by atoms with Crippen LogP contribution >= 0.6 is 0 Å². The molecule has 0 unspecified atom stereocenters. The summed E-state index contributed by atoms with van der Waals surface area (Å²) in [5.41, 5.74) is 5.83. The standard InChI is InChI=1S/C16H25F2N5O3S/c17-16(18)7-5-12(6-8-16)11-20-23-15(22-19)13-1-3-14(4-2-13)27(25,26)21-9-10-24/h1-4,12,20-21,24H,5-11,19H2,(H,22,23). The molecule has 6 N–H and O–H groups in total. The molecule has 8 nitrogen and oxygen atoms in total. The van der Waals surface area contributed by atoms with Crippen LogP contribution < -0.4 is 21.4 Å². The van der Waals surface area contributed by atoms with Crippen LogP contribution in [0.15, 0.2) is 34.3 Å². The van der Waals surface area contributed by atoms with E-state index in [4.69, 9.17) is 10.9 Å². The fourth-order valence-electron chi connectivity index (χ4n) is 2.79. The zero-order valence-corrected chi connectivity index (χ0v) is 15.6. The molecule has 1 aromatic carbocycles. The lowest BCUT2D eigenvalue weighted by atomic mass is 9.87. The summed E-state index contributed by atoms with van der Waals surface area (Å²) in [6.45, 7) is 0.0898. The second kappa shape index (κ2) is 9.40. The van der Waals surface area contributed by atoms with E-state index in [1.54, 1.807) is 0 Å². The number of halogens is 2. The van der Waals surface area contributed by atoms with Gasteiger partial charge >= 0.3 is 0 Å². The van der Waals surface area contributed by atoms with Gasteiger partial charge in [0.2, 0.25) is 15.9 Å². The highest BCUT2D eigenvalue weighted by atomic mass is 32.2. The zero-order chi connectivity index (χ0) is 19.9. The lowest BCUT2D eigenvalue weighted by Crippen LogP contribution is -2.34. The highest BCUT2D eigenvalue weighted by Crippen LogP contribution is 2.35. The highest BCUT2D eigenvalue weighted by Gasteiger charge is 2.34. The molecule has 1 aromatic rings. The Morgan fingerprint density at radius 2 is 1.89 bits per heavy atom. The molecule has 1 aliphatic rings. The third-order valence-corrected chi connectivity index (χ3v) is 5.86. The quantitative estimate of drug-likeness (QED) is 0.185. The average molecular weight is 405 g/mol. The minimum absolute atomic E-state index is 0.0483. The van der Waals surface area contributed by atoms with E-state index >= 15 is 0 Å². The number of rotatable bonds is 8. The normalized spacial score (nSPS) is 18.3. The van der Waals surface area contributed by atoms with Gasteiger partial charge in [-0.2, -0.15) is 5.10 Å². The van der Waals surface area contributed by atoms with E-state index in [0.29, 0.717) is 30.8 Å². The molecule has 0 spiro atoms. The first kappa shape index (κ1) is 21.5. The Hall–Kier alpha value is -1.82. The van der Waals surface area contributed by atoms with Crippen molar-refractivity contribution in [1.29, 1.82) is 0 Å². The van der Waals surface area contributed by atoms with E-state index in [1.165, 1.54) is 24.3 Å². The van der Waals surface area contributed by atoms with Crippen molar-refractivity contribution in [3.63, 3.8) is 0 Å². The first-order valence-electron chi connectivity index (χ1n) is 8.63. The maximum atomic E-state index is 13.2. The molecule has 0 aliphatic heterocycles. The summed E-state index contributed by atoms with van der Waals surface area (Å²) in [5, 5.41) is 12.8. The largest absolute Gasteiger partial charge is 0.395 e. The van der Waals surface area contributed by atoms with E-state index in [0.717, 1.165) is 0 Å². The third-order valence-electron chi connectivity index (χ3n) is 4.39. The Morgan fingerprint density at radius 3 is 2.44 bits per heavy atom. The van der Waals surface area contributed by atoms with Crippen LogP contribution in [0.1, 0.15) is 31.2 Å². The summed E-state index contributed by atoms with van der Waals surface area (Å²) < 4.78 is 52.5. The Balaban J connectivity index is 1.95. The Labute approximate surface area is 157 Å². The molecule has 27 heavy (non-hydrogen) atoms. The molecule has 152 valence electrons. The number of hydrazine groups is 1. The monoisotopic (exact) mass is 405 g/mol. The van der Waals surface area contributed by atoms with Crippen molar-refractivity contribution < 1.29 is 22.3 Å². The minimum atomic E-state index is -3.69. The molecule has 0 saturated heterocycles. The van der Waals surface area contributed by atoms with Crippen LogP contribution in [-0.4, -0.2) is 45.0 Å². The molecule has 11 heteroatoms. The van der Waals surface area contributed by atoms with Crippen LogP contribution in [0.3, 0.4) is 0 Å². The number of alkyl halides is 2. The minimum Gasteiger partial charge on any atom is -0.395 e. The number of benzene rings is 1. The summed E-state index contributed by atoms with van der Waals surface area (Å²) in [6.07, 6.45) is 0.666. The predicted molar refractivity (Wildman–Crippen MR) is 97.5 cm³/mol. The van der Waals surface area contributed by atoms with E-state index in [2.05, 4.69) is 20.7 Å². The molecule has 0 heterocycles. The second-order valence-corrected chi connectivity index (χ2v) is 8.18. The van der Waals surface area contributed by atoms with Crippen LogP contribution in [0.2, 0.25) is 0 Å². The number of sulfonamides is 1. The molecule has 2 rings (SSSR count). The van der Waals surface area contributed by atoms with Gasteiger partial charge in [0.1, 0.15) is 0 Å². The van der Waals surface area contributed by atoms with Crippen LogP contribution in [-0.2, 0) is 10.0 Å². The Kier molecular flexibility index (Phi) is 7.48. The highest BCUT2D eigenvalue weighted by molar-refractivity contribution is 7.89. The number of hydrogen-bond acceptors (Lipinski definition) is 6. The number of hydrazone groups is 1. The van der Waals surface area contributed by atoms with Crippen molar-refractivity contribution in [3.05, 3.63) is 29.8 Å².